The monoisotopic (exact) mass is 491 g/mol. The Morgan fingerprint density at radius 1 is 0.893 bits per heavy atom. The summed E-state index contributed by atoms with van der Waals surface area (Å²) in [5, 5.41) is 0. The molecule has 1 unspecified atom stereocenters. The number of fused-ring (bicyclic) bond motifs is 1. The number of hydrogen-bond acceptors (Lipinski definition) is 0. The molecule has 0 nitrogen and oxygen atoms in total. The molecule has 0 amide bonds. The average Bonchev–Trinajstić information content (AvgIpc) is 3.00. The van der Waals surface area contributed by atoms with Crippen molar-refractivity contribution in [3.63, 3.8) is 0 Å². The predicted molar refractivity (Wildman–Crippen MR) is 122 cm³/mol. The van der Waals surface area contributed by atoms with E-state index in [-0.39, 0.29) is 14.5 Å². The predicted octanol–water partition coefficient (Wildman–Crippen LogP) is 8.62. The molecule has 0 spiro atoms. The van der Waals surface area contributed by atoms with Gasteiger partial charge in [0.2, 0.25) is 0 Å². The van der Waals surface area contributed by atoms with Crippen LogP contribution in [0.4, 0.5) is 0 Å². The van der Waals surface area contributed by atoms with Crippen LogP contribution in [0.1, 0.15) is 74.3 Å². The van der Waals surface area contributed by atoms with E-state index in [1.54, 1.807) is 0 Å². The third-order valence-corrected chi connectivity index (χ3v) is 10.9. The van der Waals surface area contributed by atoms with E-state index in [1.807, 2.05) is 0 Å². The van der Waals surface area contributed by atoms with Crippen LogP contribution in [0.5, 0.6) is 0 Å². The first-order valence-corrected chi connectivity index (χ1v) is 17.9. The van der Waals surface area contributed by atoms with Gasteiger partial charge in [0, 0.05) is 0 Å². The molecule has 0 aliphatic heterocycles. The minimum atomic E-state index is -2.55. The number of benzene rings is 2. The summed E-state index contributed by atoms with van der Waals surface area (Å²) in [5.41, 5.74) is 9.74. The van der Waals surface area contributed by atoms with E-state index in [9.17, 15) is 0 Å². The topological polar surface area (TPSA) is 0 Å². The third kappa shape index (κ3) is 4.10. The van der Waals surface area contributed by atoms with Crippen LogP contribution in [0, 0.1) is 5.41 Å². The van der Waals surface area contributed by atoms with E-state index in [4.69, 9.17) is 17.0 Å². The van der Waals surface area contributed by atoms with Crippen molar-refractivity contribution in [3.05, 3.63) is 64.2 Å². The normalized spacial score (nSPS) is 16.8. The van der Waals surface area contributed by atoms with Crippen LogP contribution in [-0.2, 0) is 31.2 Å². The second-order valence-electron chi connectivity index (χ2n) is 9.82. The summed E-state index contributed by atoms with van der Waals surface area (Å²) in [4.78, 5) is 0. The summed E-state index contributed by atoms with van der Waals surface area (Å²) in [6, 6.07) is 13.5. The van der Waals surface area contributed by atoms with Crippen molar-refractivity contribution in [3.8, 4) is 11.1 Å². The molecule has 1 aliphatic rings. The second kappa shape index (κ2) is 8.05. The Labute approximate surface area is 186 Å². The molecule has 28 heavy (non-hydrogen) atoms. The number of halogens is 2. The van der Waals surface area contributed by atoms with Gasteiger partial charge in [-0.15, -0.1) is 0 Å². The Morgan fingerprint density at radius 3 is 2.07 bits per heavy atom. The van der Waals surface area contributed by atoms with Crippen LogP contribution < -0.4 is 0 Å². The van der Waals surface area contributed by atoms with Crippen LogP contribution in [-0.4, -0.2) is 0 Å². The molecule has 0 heterocycles. The summed E-state index contributed by atoms with van der Waals surface area (Å²) in [6.07, 6.45) is 3.44. The van der Waals surface area contributed by atoms with Crippen LogP contribution in [0.15, 0.2) is 42.0 Å². The van der Waals surface area contributed by atoms with Crippen molar-refractivity contribution in [2.75, 3.05) is 0 Å². The first-order valence-electron chi connectivity index (χ1n) is 10.1. The summed E-state index contributed by atoms with van der Waals surface area (Å²) in [7, 11) is 13.4. The van der Waals surface area contributed by atoms with Gasteiger partial charge < -0.3 is 0 Å². The number of allylic oxidation sites excluding steroid dienone is 1. The van der Waals surface area contributed by atoms with Crippen molar-refractivity contribution < 1.29 is 19.4 Å². The first-order chi connectivity index (χ1) is 13.0. The molecule has 0 N–H and O–H groups in total. The van der Waals surface area contributed by atoms with Gasteiger partial charge in [-0.05, 0) is 0 Å². The van der Waals surface area contributed by atoms with Gasteiger partial charge in [-0.2, -0.15) is 0 Å². The third-order valence-electron chi connectivity index (χ3n) is 5.76. The standard InChI is InChI=1S/C25H31.2ClH.Zr/c1-8-17-11-9-10-12-20(17)23-21-16-19(24(2,3)4)15-18(21)13-14-22(23)25(5,6)7;;;/h9-16H,8H2,1-7H3;2*1H;/q;;;+2/p-2. The maximum absolute atomic E-state index is 6.72. The zero-order valence-corrected chi connectivity index (χ0v) is 22.1. The van der Waals surface area contributed by atoms with E-state index in [0.29, 0.717) is 0 Å². The molecule has 0 fully saturated rings. The second-order valence-corrected chi connectivity index (χ2v) is 18.6. The van der Waals surface area contributed by atoms with E-state index in [1.165, 1.54) is 39.0 Å². The van der Waals surface area contributed by atoms with Crippen LogP contribution in [0.3, 0.4) is 0 Å². The van der Waals surface area contributed by atoms with Crippen LogP contribution in [0.2, 0.25) is 0 Å². The fraction of sp³-hybridized carbons (Fsp3) is 0.440. The minimum absolute atomic E-state index is 0.0581. The van der Waals surface area contributed by atoms with Crippen LogP contribution in [0.25, 0.3) is 17.2 Å². The Kier molecular flexibility index (Phi) is 6.42. The van der Waals surface area contributed by atoms with Crippen molar-refractivity contribution in [2.45, 2.75) is 63.9 Å². The van der Waals surface area contributed by atoms with E-state index in [0.717, 1.165) is 6.42 Å². The molecular formula is C25H31Cl2Zr. The molecule has 149 valence electrons. The van der Waals surface area contributed by atoms with Crippen LogP contribution >= 0.6 is 17.0 Å². The van der Waals surface area contributed by atoms with E-state index in [2.05, 4.69) is 90.9 Å². The summed E-state index contributed by atoms with van der Waals surface area (Å²) >= 11 is -2.55. The first kappa shape index (κ1) is 22.3. The van der Waals surface area contributed by atoms with Gasteiger partial charge in [-0.3, -0.25) is 0 Å². The Hall–Kier alpha value is -0.357. The summed E-state index contributed by atoms with van der Waals surface area (Å²) < 4.78 is 0.238. The van der Waals surface area contributed by atoms with Gasteiger partial charge >= 0.3 is 187 Å². The molecular weight excluding hydrogens is 462 g/mol. The van der Waals surface area contributed by atoms with E-state index >= 15 is 0 Å². The van der Waals surface area contributed by atoms with E-state index < -0.39 is 19.4 Å². The fourth-order valence-electron chi connectivity index (χ4n) is 4.32. The van der Waals surface area contributed by atoms with Gasteiger partial charge in [-0.1, -0.05) is 0 Å². The van der Waals surface area contributed by atoms with Crippen molar-refractivity contribution in [1.82, 2.24) is 0 Å². The Morgan fingerprint density at radius 2 is 1.54 bits per heavy atom. The molecule has 0 bridgehead atoms. The van der Waals surface area contributed by atoms with Gasteiger partial charge in [0.25, 0.3) is 0 Å². The molecule has 0 saturated heterocycles. The molecule has 0 aromatic heterocycles. The summed E-state index contributed by atoms with van der Waals surface area (Å²) in [6.45, 7) is 16.0. The zero-order valence-electron chi connectivity index (χ0n) is 18.1. The average molecular weight is 494 g/mol. The quantitative estimate of drug-likeness (QED) is 0.401. The molecule has 0 radical (unpaired) electrons. The molecule has 3 rings (SSSR count). The van der Waals surface area contributed by atoms with Crippen molar-refractivity contribution in [1.29, 1.82) is 0 Å². The maximum atomic E-state index is 6.72. The number of hydrogen-bond donors (Lipinski definition) is 0. The summed E-state index contributed by atoms with van der Waals surface area (Å²) in [5.74, 6) is 0. The molecule has 2 aromatic rings. The molecule has 0 saturated carbocycles. The Bertz CT molecular complexity index is 911. The van der Waals surface area contributed by atoms with Gasteiger partial charge in [-0.25, -0.2) is 0 Å². The van der Waals surface area contributed by atoms with Gasteiger partial charge in [0.1, 0.15) is 0 Å². The SMILES string of the molecule is CCc1ccccc1-c1c(C(C)(C)C)ccc2c1C=C(C(C)(C)C)[CH]2[Zr]([Cl])[Cl]. The number of rotatable bonds is 3. The Balaban J connectivity index is 2.41. The van der Waals surface area contributed by atoms with Gasteiger partial charge in [0.15, 0.2) is 0 Å². The molecule has 3 heteroatoms. The zero-order chi connectivity index (χ0) is 20.9. The molecule has 2 aromatic carbocycles. The van der Waals surface area contributed by atoms with Gasteiger partial charge in [0.05, 0.1) is 0 Å². The van der Waals surface area contributed by atoms with Crippen molar-refractivity contribution >= 4 is 23.1 Å². The molecule has 1 aliphatic carbocycles. The number of aryl methyl sites for hydroxylation is 1. The fourth-order valence-corrected chi connectivity index (χ4v) is 10.1. The molecule has 1 atom stereocenters. The van der Waals surface area contributed by atoms with Crippen molar-refractivity contribution in [2.24, 2.45) is 5.41 Å².